The van der Waals surface area contributed by atoms with Crippen molar-refractivity contribution >= 4 is 38.9 Å². The van der Waals surface area contributed by atoms with E-state index in [0.717, 1.165) is 11.3 Å². The van der Waals surface area contributed by atoms with Crippen LogP contribution in [0.2, 0.25) is 0 Å². The number of rotatable bonds is 5. The predicted octanol–water partition coefficient (Wildman–Crippen LogP) is 0.510. The summed E-state index contributed by atoms with van der Waals surface area (Å²) in [5.41, 5.74) is 0. The molecule has 1 aromatic rings. The van der Waals surface area contributed by atoms with Crippen LogP contribution in [0.3, 0.4) is 0 Å². The summed E-state index contributed by atoms with van der Waals surface area (Å²) in [4.78, 5) is 14.8. The number of aryl methyl sites for hydroxylation is 1. The monoisotopic (exact) mass is 298 g/mol. The van der Waals surface area contributed by atoms with Crippen LogP contribution < -0.4 is 4.72 Å². The van der Waals surface area contributed by atoms with Crippen molar-refractivity contribution in [2.75, 3.05) is 13.7 Å². The Morgan fingerprint density at radius 1 is 1.71 bits per heavy atom. The Hall–Kier alpha value is -0.700. The van der Waals surface area contributed by atoms with Crippen LogP contribution in [0, 0.1) is 6.92 Å². The lowest BCUT2D eigenvalue weighted by atomic mass is 10.4. The topological polar surface area (TPSA) is 85.4 Å². The molecule has 96 valence electrons. The zero-order valence-corrected chi connectivity index (χ0v) is 11.5. The molecular formula is C8H11ClN2O4S2. The van der Waals surface area contributed by atoms with Crippen molar-refractivity contribution in [1.29, 1.82) is 0 Å². The van der Waals surface area contributed by atoms with Crippen LogP contribution in [-0.2, 0) is 19.6 Å². The van der Waals surface area contributed by atoms with Crippen LogP contribution in [-0.4, -0.2) is 38.4 Å². The van der Waals surface area contributed by atoms with Gasteiger partial charge in [0.05, 0.1) is 18.3 Å². The number of hydrogen-bond acceptors (Lipinski definition) is 6. The van der Waals surface area contributed by atoms with Gasteiger partial charge in [0.1, 0.15) is 5.38 Å². The van der Waals surface area contributed by atoms with E-state index >= 15 is 0 Å². The highest BCUT2D eigenvalue weighted by Gasteiger charge is 2.22. The van der Waals surface area contributed by atoms with E-state index in [2.05, 4.69) is 14.4 Å². The first-order valence-electron chi connectivity index (χ1n) is 4.51. The number of thiazole rings is 1. The lowest BCUT2D eigenvalue weighted by Crippen LogP contribution is -2.33. The Kier molecular flexibility index (Phi) is 4.87. The van der Waals surface area contributed by atoms with Crippen molar-refractivity contribution in [1.82, 2.24) is 9.71 Å². The largest absolute Gasteiger partial charge is 0.468 e. The van der Waals surface area contributed by atoms with E-state index in [4.69, 9.17) is 11.6 Å². The molecule has 0 aliphatic carbocycles. The van der Waals surface area contributed by atoms with Crippen molar-refractivity contribution in [3.05, 3.63) is 11.2 Å². The number of alkyl halides is 1. The number of aromatic nitrogens is 1. The van der Waals surface area contributed by atoms with E-state index in [1.165, 1.54) is 13.3 Å². The normalized spacial score (nSPS) is 13.4. The van der Waals surface area contributed by atoms with Crippen molar-refractivity contribution < 1.29 is 17.9 Å². The van der Waals surface area contributed by atoms with E-state index < -0.39 is 21.4 Å². The van der Waals surface area contributed by atoms with Gasteiger partial charge in [-0.15, -0.1) is 22.9 Å². The SMILES string of the molecule is COC(=O)C(Cl)CNS(=O)(=O)c1cnc(C)s1. The van der Waals surface area contributed by atoms with Gasteiger partial charge in [-0.05, 0) is 6.92 Å². The molecule has 17 heavy (non-hydrogen) atoms. The Balaban J connectivity index is 2.66. The van der Waals surface area contributed by atoms with Crippen molar-refractivity contribution in [2.24, 2.45) is 0 Å². The number of esters is 1. The van der Waals surface area contributed by atoms with E-state index in [9.17, 15) is 13.2 Å². The third kappa shape index (κ3) is 3.91. The summed E-state index contributed by atoms with van der Waals surface area (Å²) in [6, 6.07) is 0. The molecule has 0 aromatic carbocycles. The van der Waals surface area contributed by atoms with E-state index in [-0.39, 0.29) is 10.8 Å². The summed E-state index contributed by atoms with van der Waals surface area (Å²) in [7, 11) is -2.48. The molecule has 0 spiro atoms. The van der Waals surface area contributed by atoms with Crippen LogP contribution in [0.15, 0.2) is 10.4 Å². The maximum Gasteiger partial charge on any atom is 0.325 e. The van der Waals surface area contributed by atoms with E-state index in [1.54, 1.807) is 6.92 Å². The second-order valence-electron chi connectivity index (χ2n) is 3.04. The highest BCUT2D eigenvalue weighted by Crippen LogP contribution is 2.17. The molecule has 0 aliphatic heterocycles. The molecule has 0 aliphatic rings. The molecule has 0 radical (unpaired) electrons. The summed E-state index contributed by atoms with van der Waals surface area (Å²) in [6.07, 6.45) is 1.25. The maximum atomic E-state index is 11.7. The zero-order chi connectivity index (χ0) is 13.1. The first kappa shape index (κ1) is 14.4. The van der Waals surface area contributed by atoms with Crippen LogP contribution >= 0.6 is 22.9 Å². The number of ether oxygens (including phenoxy) is 1. The lowest BCUT2D eigenvalue weighted by Gasteiger charge is -2.08. The fraction of sp³-hybridized carbons (Fsp3) is 0.500. The molecule has 0 fully saturated rings. The molecular weight excluding hydrogens is 288 g/mol. The summed E-state index contributed by atoms with van der Waals surface area (Å²) in [5, 5.41) is -0.412. The second kappa shape index (κ2) is 5.76. The van der Waals surface area contributed by atoms with Gasteiger partial charge in [0.2, 0.25) is 0 Å². The number of carbonyl (C=O) groups is 1. The molecule has 0 saturated heterocycles. The summed E-state index contributed by atoms with van der Waals surface area (Å²) in [5.74, 6) is -0.685. The van der Waals surface area contributed by atoms with Crippen molar-refractivity contribution in [3.63, 3.8) is 0 Å². The molecule has 9 heteroatoms. The van der Waals surface area contributed by atoms with Crippen LogP contribution in [0.5, 0.6) is 0 Å². The zero-order valence-electron chi connectivity index (χ0n) is 9.14. The third-order valence-corrected chi connectivity index (χ3v) is 4.90. The molecule has 1 atom stereocenters. The van der Waals surface area contributed by atoms with Gasteiger partial charge in [-0.1, -0.05) is 0 Å². The number of nitrogens with one attached hydrogen (secondary N) is 1. The highest BCUT2D eigenvalue weighted by atomic mass is 35.5. The minimum absolute atomic E-state index is 0.0868. The fourth-order valence-corrected chi connectivity index (χ4v) is 3.39. The summed E-state index contributed by atoms with van der Waals surface area (Å²) >= 11 is 6.66. The molecule has 1 rings (SSSR count). The molecule has 1 N–H and O–H groups in total. The fourth-order valence-electron chi connectivity index (χ4n) is 0.931. The molecule has 0 saturated carbocycles. The Bertz CT molecular complexity index is 499. The number of halogens is 1. The van der Waals surface area contributed by atoms with Gasteiger partial charge in [-0.3, -0.25) is 4.79 Å². The standard InChI is InChI=1S/C8H11ClN2O4S2/c1-5-10-4-7(16-5)17(13,14)11-3-6(9)8(12)15-2/h4,6,11H,3H2,1-2H3. The average molecular weight is 299 g/mol. The minimum Gasteiger partial charge on any atom is -0.468 e. The van der Waals surface area contributed by atoms with Gasteiger partial charge in [-0.2, -0.15) is 0 Å². The van der Waals surface area contributed by atoms with Crippen molar-refractivity contribution in [2.45, 2.75) is 16.5 Å². The van der Waals surface area contributed by atoms with Gasteiger partial charge in [0, 0.05) is 6.54 Å². The van der Waals surface area contributed by atoms with Gasteiger partial charge < -0.3 is 4.74 Å². The van der Waals surface area contributed by atoms with Crippen LogP contribution in [0.1, 0.15) is 5.01 Å². The molecule has 1 heterocycles. The number of nitrogens with zero attached hydrogens (tertiary/aromatic N) is 1. The van der Waals surface area contributed by atoms with E-state index in [1.807, 2.05) is 0 Å². The van der Waals surface area contributed by atoms with Gasteiger partial charge in [-0.25, -0.2) is 18.1 Å². The lowest BCUT2D eigenvalue weighted by molar-refractivity contribution is -0.140. The number of sulfonamides is 1. The average Bonchev–Trinajstić information content (AvgIpc) is 2.72. The van der Waals surface area contributed by atoms with Gasteiger partial charge in [0.15, 0.2) is 4.21 Å². The minimum atomic E-state index is -3.66. The number of hydrogen-bond donors (Lipinski definition) is 1. The first-order valence-corrected chi connectivity index (χ1v) is 7.24. The summed E-state index contributed by atoms with van der Waals surface area (Å²) in [6.45, 7) is 1.47. The van der Waals surface area contributed by atoms with Gasteiger partial charge in [0.25, 0.3) is 10.0 Å². The Labute approximate surface area is 108 Å². The molecule has 0 amide bonds. The Morgan fingerprint density at radius 2 is 2.35 bits per heavy atom. The molecule has 6 nitrogen and oxygen atoms in total. The predicted molar refractivity (Wildman–Crippen MR) is 63.7 cm³/mol. The van der Waals surface area contributed by atoms with Crippen molar-refractivity contribution in [3.8, 4) is 0 Å². The smallest absolute Gasteiger partial charge is 0.325 e. The molecule has 0 bridgehead atoms. The quantitative estimate of drug-likeness (QED) is 0.632. The molecule has 1 unspecified atom stereocenters. The third-order valence-electron chi connectivity index (χ3n) is 1.77. The van der Waals surface area contributed by atoms with Gasteiger partial charge >= 0.3 is 5.97 Å². The van der Waals surface area contributed by atoms with E-state index in [0.29, 0.717) is 5.01 Å². The highest BCUT2D eigenvalue weighted by molar-refractivity contribution is 7.91. The summed E-state index contributed by atoms with van der Waals surface area (Å²) < 4.78 is 30.1. The molecule has 1 aromatic heterocycles. The maximum absolute atomic E-state index is 11.7. The first-order chi connectivity index (χ1) is 7.86. The van der Waals surface area contributed by atoms with Crippen LogP contribution in [0.25, 0.3) is 0 Å². The van der Waals surface area contributed by atoms with Crippen LogP contribution in [0.4, 0.5) is 0 Å². The Morgan fingerprint density at radius 3 is 2.82 bits per heavy atom. The second-order valence-corrected chi connectivity index (χ2v) is 6.80. The number of methoxy groups -OCH3 is 1. The number of carbonyl (C=O) groups excluding carboxylic acids is 1.